The van der Waals surface area contributed by atoms with E-state index in [1.165, 1.54) is 11.1 Å². The van der Waals surface area contributed by atoms with Crippen molar-refractivity contribution in [1.29, 1.82) is 0 Å². The number of nitrogens with zero attached hydrogens (tertiary/aromatic N) is 2. The number of amides is 3. The molecule has 0 radical (unpaired) electrons. The Bertz CT molecular complexity index is 748. The van der Waals surface area contributed by atoms with E-state index < -0.39 is 0 Å². The quantitative estimate of drug-likeness (QED) is 0.896. The average molecular weight is 338 g/mol. The van der Waals surface area contributed by atoms with Crippen molar-refractivity contribution in [1.82, 2.24) is 20.5 Å². The predicted octanol–water partition coefficient (Wildman–Crippen LogP) is 2.03. The Labute approximate surface area is 147 Å². The Morgan fingerprint density at radius 3 is 2.64 bits per heavy atom. The standard InChI is InChI=1S/C19H22N4O2/c1-14(15-6-9-20-10-7-15)22-18(24)12-21-19(25)23-11-8-16-4-2-3-5-17(16)13-23/h2-7,9-10,14H,8,11-13H2,1H3,(H,21,25)(H,22,24)/t14-/m0/s1. The van der Waals surface area contributed by atoms with Crippen LogP contribution in [-0.2, 0) is 17.8 Å². The van der Waals surface area contributed by atoms with Crippen molar-refractivity contribution in [2.45, 2.75) is 25.9 Å². The Balaban J connectivity index is 1.47. The highest BCUT2D eigenvalue weighted by Crippen LogP contribution is 2.18. The molecule has 130 valence electrons. The third-order valence-corrected chi connectivity index (χ3v) is 4.40. The van der Waals surface area contributed by atoms with E-state index in [4.69, 9.17) is 0 Å². The lowest BCUT2D eigenvalue weighted by atomic mass is 10.0. The monoisotopic (exact) mass is 338 g/mol. The van der Waals surface area contributed by atoms with Crippen molar-refractivity contribution in [2.75, 3.05) is 13.1 Å². The largest absolute Gasteiger partial charge is 0.348 e. The van der Waals surface area contributed by atoms with Crippen LogP contribution in [0, 0.1) is 0 Å². The summed E-state index contributed by atoms with van der Waals surface area (Å²) in [5.74, 6) is -0.213. The molecule has 2 heterocycles. The minimum Gasteiger partial charge on any atom is -0.348 e. The lowest BCUT2D eigenvalue weighted by Crippen LogP contribution is -2.46. The van der Waals surface area contributed by atoms with E-state index in [1.807, 2.05) is 37.3 Å². The topological polar surface area (TPSA) is 74.3 Å². The highest BCUT2D eigenvalue weighted by Gasteiger charge is 2.20. The zero-order valence-corrected chi connectivity index (χ0v) is 14.2. The molecule has 0 saturated carbocycles. The van der Waals surface area contributed by atoms with Crippen LogP contribution in [0.25, 0.3) is 0 Å². The Morgan fingerprint density at radius 2 is 1.88 bits per heavy atom. The number of hydrogen-bond donors (Lipinski definition) is 2. The molecular weight excluding hydrogens is 316 g/mol. The lowest BCUT2D eigenvalue weighted by molar-refractivity contribution is -0.120. The molecule has 1 aromatic carbocycles. The summed E-state index contributed by atoms with van der Waals surface area (Å²) in [4.78, 5) is 30.0. The summed E-state index contributed by atoms with van der Waals surface area (Å²) in [6.07, 6.45) is 4.22. The first-order chi connectivity index (χ1) is 12.1. The van der Waals surface area contributed by atoms with Gasteiger partial charge in [-0.1, -0.05) is 24.3 Å². The Hall–Kier alpha value is -2.89. The van der Waals surface area contributed by atoms with Gasteiger partial charge in [-0.15, -0.1) is 0 Å². The molecule has 3 rings (SSSR count). The number of hydrogen-bond acceptors (Lipinski definition) is 3. The van der Waals surface area contributed by atoms with Crippen molar-refractivity contribution in [3.8, 4) is 0 Å². The maximum atomic E-state index is 12.3. The molecule has 0 fully saturated rings. The fraction of sp³-hybridized carbons (Fsp3) is 0.316. The number of carbonyl (C=O) groups is 2. The van der Waals surface area contributed by atoms with E-state index >= 15 is 0 Å². The van der Waals surface area contributed by atoms with Gasteiger partial charge in [0.15, 0.2) is 0 Å². The summed E-state index contributed by atoms with van der Waals surface area (Å²) in [6.45, 7) is 3.11. The SMILES string of the molecule is C[C@H](NC(=O)CNC(=O)N1CCc2ccccc2C1)c1ccncc1. The van der Waals surface area contributed by atoms with Gasteiger partial charge < -0.3 is 15.5 Å². The average Bonchev–Trinajstić information content (AvgIpc) is 2.66. The minimum absolute atomic E-state index is 0.0353. The van der Waals surface area contributed by atoms with Crippen LogP contribution in [0.3, 0.4) is 0 Å². The molecule has 0 spiro atoms. The van der Waals surface area contributed by atoms with Gasteiger partial charge in [-0.3, -0.25) is 9.78 Å². The van der Waals surface area contributed by atoms with E-state index in [1.54, 1.807) is 17.3 Å². The molecule has 0 saturated heterocycles. The summed E-state index contributed by atoms with van der Waals surface area (Å²) in [7, 11) is 0. The van der Waals surface area contributed by atoms with E-state index in [9.17, 15) is 9.59 Å². The van der Waals surface area contributed by atoms with Crippen LogP contribution in [0.5, 0.6) is 0 Å². The van der Waals surface area contributed by atoms with Crippen LogP contribution in [0.1, 0.15) is 29.7 Å². The molecular formula is C19H22N4O2. The molecule has 6 heteroatoms. The van der Waals surface area contributed by atoms with E-state index in [0.29, 0.717) is 13.1 Å². The zero-order chi connectivity index (χ0) is 17.6. The van der Waals surface area contributed by atoms with Gasteiger partial charge in [-0.25, -0.2) is 4.79 Å². The summed E-state index contributed by atoms with van der Waals surface area (Å²) in [5, 5.41) is 5.57. The molecule has 3 amide bonds. The lowest BCUT2D eigenvalue weighted by Gasteiger charge is -2.29. The third kappa shape index (κ3) is 4.35. The highest BCUT2D eigenvalue weighted by atomic mass is 16.2. The summed E-state index contributed by atoms with van der Waals surface area (Å²) in [6, 6.07) is 11.5. The van der Waals surface area contributed by atoms with Crippen LogP contribution in [-0.4, -0.2) is 34.9 Å². The van der Waals surface area contributed by atoms with Crippen molar-refractivity contribution in [2.24, 2.45) is 0 Å². The zero-order valence-electron chi connectivity index (χ0n) is 14.2. The highest BCUT2D eigenvalue weighted by molar-refractivity contribution is 5.84. The third-order valence-electron chi connectivity index (χ3n) is 4.40. The first kappa shape index (κ1) is 17.0. The number of carbonyl (C=O) groups excluding carboxylic acids is 2. The molecule has 1 aromatic heterocycles. The molecule has 6 nitrogen and oxygen atoms in total. The van der Waals surface area contributed by atoms with Gasteiger partial charge in [0.1, 0.15) is 0 Å². The second-order valence-electron chi connectivity index (χ2n) is 6.17. The minimum atomic E-state index is -0.213. The van der Waals surface area contributed by atoms with E-state index in [2.05, 4.69) is 21.7 Å². The second kappa shape index (κ2) is 7.79. The van der Waals surface area contributed by atoms with Crippen LogP contribution in [0.15, 0.2) is 48.8 Å². The first-order valence-corrected chi connectivity index (χ1v) is 8.42. The molecule has 1 aliphatic rings. The molecule has 1 atom stereocenters. The number of fused-ring (bicyclic) bond motifs is 1. The molecule has 0 aliphatic carbocycles. The van der Waals surface area contributed by atoms with Gasteiger partial charge in [0.25, 0.3) is 0 Å². The fourth-order valence-corrected chi connectivity index (χ4v) is 2.96. The normalized spacial score (nSPS) is 14.4. The van der Waals surface area contributed by atoms with Crippen molar-refractivity contribution < 1.29 is 9.59 Å². The fourth-order valence-electron chi connectivity index (χ4n) is 2.96. The summed E-state index contributed by atoms with van der Waals surface area (Å²) in [5.41, 5.74) is 3.43. The number of urea groups is 1. The van der Waals surface area contributed by atoms with E-state index in [0.717, 1.165) is 12.0 Å². The van der Waals surface area contributed by atoms with Crippen LogP contribution in [0.4, 0.5) is 4.79 Å². The molecule has 1 aliphatic heterocycles. The van der Waals surface area contributed by atoms with Crippen LogP contribution in [0.2, 0.25) is 0 Å². The summed E-state index contributed by atoms with van der Waals surface area (Å²) >= 11 is 0. The Kier molecular flexibility index (Phi) is 5.28. The second-order valence-corrected chi connectivity index (χ2v) is 6.17. The van der Waals surface area contributed by atoms with Crippen LogP contribution < -0.4 is 10.6 Å². The van der Waals surface area contributed by atoms with Gasteiger partial charge in [0, 0.05) is 25.5 Å². The van der Waals surface area contributed by atoms with Gasteiger partial charge in [0.2, 0.25) is 5.91 Å². The Morgan fingerprint density at radius 1 is 1.16 bits per heavy atom. The smallest absolute Gasteiger partial charge is 0.318 e. The summed E-state index contributed by atoms with van der Waals surface area (Å²) < 4.78 is 0. The number of nitrogens with one attached hydrogen (secondary N) is 2. The van der Waals surface area contributed by atoms with Gasteiger partial charge in [0.05, 0.1) is 12.6 Å². The number of aromatic nitrogens is 1. The first-order valence-electron chi connectivity index (χ1n) is 8.42. The number of benzene rings is 1. The maximum Gasteiger partial charge on any atom is 0.318 e. The number of pyridine rings is 1. The van der Waals surface area contributed by atoms with Crippen molar-refractivity contribution in [3.05, 3.63) is 65.5 Å². The molecule has 0 bridgehead atoms. The van der Waals surface area contributed by atoms with Crippen molar-refractivity contribution in [3.63, 3.8) is 0 Å². The van der Waals surface area contributed by atoms with Gasteiger partial charge >= 0.3 is 6.03 Å². The number of rotatable bonds is 4. The van der Waals surface area contributed by atoms with Gasteiger partial charge in [-0.05, 0) is 42.2 Å². The molecule has 2 N–H and O–H groups in total. The predicted molar refractivity (Wildman–Crippen MR) is 94.7 cm³/mol. The van der Waals surface area contributed by atoms with Crippen LogP contribution >= 0.6 is 0 Å². The van der Waals surface area contributed by atoms with Gasteiger partial charge in [-0.2, -0.15) is 0 Å². The molecule has 25 heavy (non-hydrogen) atoms. The molecule has 2 aromatic rings. The van der Waals surface area contributed by atoms with Crippen molar-refractivity contribution >= 4 is 11.9 Å². The van der Waals surface area contributed by atoms with E-state index in [-0.39, 0.29) is 24.5 Å². The molecule has 0 unspecified atom stereocenters. The maximum absolute atomic E-state index is 12.3.